The molecule has 1 heterocycles. The van der Waals surface area contributed by atoms with Crippen LogP contribution in [0.3, 0.4) is 0 Å². The van der Waals surface area contributed by atoms with Crippen LogP contribution < -0.4 is 11.1 Å². The Morgan fingerprint density at radius 3 is 2.95 bits per heavy atom. The normalized spacial score (nSPS) is 17.3. The van der Waals surface area contributed by atoms with Crippen LogP contribution >= 0.6 is 0 Å². The van der Waals surface area contributed by atoms with Crippen molar-refractivity contribution < 1.29 is 0 Å². The Bertz CT molecular complexity index is 653. The number of nitrogens with one attached hydrogen (secondary N) is 1. The number of aromatic nitrogens is 3. The molecule has 5 heteroatoms. The van der Waals surface area contributed by atoms with Gasteiger partial charge in [0.2, 0.25) is 11.9 Å². The Balaban J connectivity index is 1.88. The lowest BCUT2D eigenvalue weighted by molar-refractivity contribution is 0.595. The fourth-order valence-electron chi connectivity index (χ4n) is 2.91. The minimum atomic E-state index is 0.251. The summed E-state index contributed by atoms with van der Waals surface area (Å²) in [4.78, 5) is 12.8. The molecule has 21 heavy (non-hydrogen) atoms. The third kappa shape index (κ3) is 2.96. The van der Waals surface area contributed by atoms with E-state index < -0.39 is 0 Å². The molecule has 1 aromatic carbocycles. The Labute approximate surface area is 125 Å². The lowest BCUT2D eigenvalue weighted by Gasteiger charge is -2.26. The van der Waals surface area contributed by atoms with Gasteiger partial charge in [-0.15, -0.1) is 0 Å². The van der Waals surface area contributed by atoms with Crippen molar-refractivity contribution in [1.29, 1.82) is 0 Å². The molecule has 1 aliphatic carbocycles. The zero-order valence-corrected chi connectivity index (χ0v) is 12.6. The molecule has 0 aliphatic heterocycles. The monoisotopic (exact) mass is 283 g/mol. The van der Waals surface area contributed by atoms with Crippen molar-refractivity contribution in [2.24, 2.45) is 0 Å². The third-order valence-electron chi connectivity index (χ3n) is 3.93. The summed E-state index contributed by atoms with van der Waals surface area (Å²) in [6.45, 7) is 4.15. The predicted octanol–water partition coefficient (Wildman–Crippen LogP) is 2.81. The van der Waals surface area contributed by atoms with Gasteiger partial charge >= 0.3 is 0 Å². The van der Waals surface area contributed by atoms with Gasteiger partial charge in [0.05, 0.1) is 6.04 Å². The van der Waals surface area contributed by atoms with E-state index in [4.69, 9.17) is 5.73 Å². The van der Waals surface area contributed by atoms with E-state index in [-0.39, 0.29) is 12.0 Å². The maximum atomic E-state index is 5.75. The molecule has 0 saturated carbocycles. The van der Waals surface area contributed by atoms with Gasteiger partial charge in [0, 0.05) is 6.42 Å². The van der Waals surface area contributed by atoms with Crippen molar-refractivity contribution in [3.8, 4) is 0 Å². The standard InChI is InChI=1S/C16H21N5/c1-3-14-19-15(17)21-16(20-14)18-13-6-4-5-11-9-10(2)7-8-12(11)13/h7-9,13H,3-6H2,1-2H3,(H3,17,18,19,20,21). The summed E-state index contributed by atoms with van der Waals surface area (Å²) in [5, 5.41) is 3.43. The number of anilines is 2. The lowest BCUT2D eigenvalue weighted by Crippen LogP contribution is -2.19. The summed E-state index contributed by atoms with van der Waals surface area (Å²) in [5.41, 5.74) is 9.84. The first-order valence-electron chi connectivity index (χ1n) is 7.52. The minimum absolute atomic E-state index is 0.251. The van der Waals surface area contributed by atoms with Gasteiger partial charge < -0.3 is 11.1 Å². The summed E-state index contributed by atoms with van der Waals surface area (Å²) < 4.78 is 0. The average Bonchev–Trinajstić information content (AvgIpc) is 2.46. The highest BCUT2D eigenvalue weighted by Gasteiger charge is 2.21. The number of nitrogens with zero attached hydrogens (tertiary/aromatic N) is 3. The first-order valence-corrected chi connectivity index (χ1v) is 7.52. The van der Waals surface area contributed by atoms with E-state index in [0.717, 1.165) is 25.1 Å². The van der Waals surface area contributed by atoms with Crippen LogP contribution in [-0.2, 0) is 12.8 Å². The largest absolute Gasteiger partial charge is 0.368 e. The number of benzene rings is 1. The van der Waals surface area contributed by atoms with Gasteiger partial charge in [-0.1, -0.05) is 30.7 Å². The van der Waals surface area contributed by atoms with Crippen molar-refractivity contribution in [1.82, 2.24) is 15.0 Å². The van der Waals surface area contributed by atoms with Crippen LogP contribution in [0.2, 0.25) is 0 Å². The van der Waals surface area contributed by atoms with Gasteiger partial charge in [-0.05, 0) is 37.3 Å². The highest BCUT2D eigenvalue weighted by atomic mass is 15.2. The van der Waals surface area contributed by atoms with E-state index in [0.29, 0.717) is 5.95 Å². The van der Waals surface area contributed by atoms with Gasteiger partial charge in [0.15, 0.2) is 0 Å². The Morgan fingerprint density at radius 1 is 1.29 bits per heavy atom. The zero-order chi connectivity index (χ0) is 14.8. The summed E-state index contributed by atoms with van der Waals surface area (Å²) in [6.07, 6.45) is 4.16. The SMILES string of the molecule is CCc1nc(N)nc(NC2CCCc3cc(C)ccc32)n1. The Hall–Kier alpha value is -2.17. The van der Waals surface area contributed by atoms with Crippen molar-refractivity contribution in [3.05, 3.63) is 40.7 Å². The number of aryl methyl sites for hydroxylation is 3. The van der Waals surface area contributed by atoms with Crippen molar-refractivity contribution in [2.75, 3.05) is 11.1 Å². The highest BCUT2D eigenvalue weighted by molar-refractivity contribution is 5.41. The van der Waals surface area contributed by atoms with Gasteiger partial charge in [-0.2, -0.15) is 15.0 Å². The quantitative estimate of drug-likeness (QED) is 0.905. The Kier molecular flexibility index (Phi) is 3.73. The fraction of sp³-hybridized carbons (Fsp3) is 0.438. The van der Waals surface area contributed by atoms with Gasteiger partial charge in [0.25, 0.3) is 0 Å². The van der Waals surface area contributed by atoms with E-state index >= 15 is 0 Å². The number of hydrogen-bond donors (Lipinski definition) is 2. The topological polar surface area (TPSA) is 76.7 Å². The molecule has 0 radical (unpaired) electrons. The van der Waals surface area contributed by atoms with Crippen LogP contribution in [0.4, 0.5) is 11.9 Å². The molecule has 0 saturated heterocycles. The second-order valence-corrected chi connectivity index (χ2v) is 5.58. The number of hydrogen-bond acceptors (Lipinski definition) is 5. The molecule has 2 aromatic rings. The molecule has 0 bridgehead atoms. The molecule has 1 aromatic heterocycles. The molecule has 0 spiro atoms. The summed E-state index contributed by atoms with van der Waals surface area (Å²) >= 11 is 0. The van der Waals surface area contributed by atoms with Crippen LogP contribution in [0.1, 0.15) is 48.3 Å². The van der Waals surface area contributed by atoms with Crippen molar-refractivity contribution in [3.63, 3.8) is 0 Å². The molecule has 5 nitrogen and oxygen atoms in total. The van der Waals surface area contributed by atoms with Crippen LogP contribution in [0.25, 0.3) is 0 Å². The first kappa shape index (κ1) is 13.8. The summed E-state index contributed by atoms with van der Waals surface area (Å²) in [7, 11) is 0. The lowest BCUT2D eigenvalue weighted by atomic mass is 9.87. The second kappa shape index (κ2) is 5.68. The van der Waals surface area contributed by atoms with E-state index in [1.54, 1.807) is 0 Å². The molecule has 0 fully saturated rings. The summed E-state index contributed by atoms with van der Waals surface area (Å²) in [5.74, 6) is 1.59. The zero-order valence-electron chi connectivity index (χ0n) is 12.6. The smallest absolute Gasteiger partial charge is 0.228 e. The molecule has 110 valence electrons. The van der Waals surface area contributed by atoms with Crippen LogP contribution in [0.15, 0.2) is 18.2 Å². The molecule has 0 amide bonds. The van der Waals surface area contributed by atoms with Gasteiger partial charge in [-0.25, -0.2) is 0 Å². The van der Waals surface area contributed by atoms with Crippen molar-refractivity contribution >= 4 is 11.9 Å². The first-order chi connectivity index (χ1) is 10.2. The summed E-state index contributed by atoms with van der Waals surface area (Å²) in [6, 6.07) is 6.91. The van der Waals surface area contributed by atoms with Crippen molar-refractivity contribution in [2.45, 2.75) is 45.6 Å². The molecule has 1 unspecified atom stereocenters. The number of fused-ring (bicyclic) bond motifs is 1. The maximum Gasteiger partial charge on any atom is 0.228 e. The molecule has 3 rings (SSSR count). The number of rotatable bonds is 3. The van der Waals surface area contributed by atoms with Crippen LogP contribution in [0, 0.1) is 6.92 Å². The second-order valence-electron chi connectivity index (χ2n) is 5.58. The minimum Gasteiger partial charge on any atom is -0.368 e. The molecule has 1 atom stereocenters. The highest BCUT2D eigenvalue weighted by Crippen LogP contribution is 2.32. The van der Waals surface area contributed by atoms with E-state index in [1.807, 2.05) is 6.92 Å². The molecular formula is C16H21N5. The third-order valence-corrected chi connectivity index (χ3v) is 3.93. The van der Waals surface area contributed by atoms with E-state index in [1.165, 1.54) is 23.1 Å². The number of nitrogen functional groups attached to an aromatic ring is 1. The van der Waals surface area contributed by atoms with Crippen LogP contribution in [-0.4, -0.2) is 15.0 Å². The fourth-order valence-corrected chi connectivity index (χ4v) is 2.91. The Morgan fingerprint density at radius 2 is 2.14 bits per heavy atom. The maximum absolute atomic E-state index is 5.75. The predicted molar refractivity (Wildman–Crippen MR) is 84.1 cm³/mol. The van der Waals surface area contributed by atoms with Crippen LogP contribution in [0.5, 0.6) is 0 Å². The van der Waals surface area contributed by atoms with E-state index in [2.05, 4.69) is 45.4 Å². The van der Waals surface area contributed by atoms with E-state index in [9.17, 15) is 0 Å². The van der Waals surface area contributed by atoms with Gasteiger partial charge in [-0.3, -0.25) is 0 Å². The molecule has 1 aliphatic rings. The number of nitrogens with two attached hydrogens (primary N) is 1. The molecule has 3 N–H and O–H groups in total. The molecular weight excluding hydrogens is 262 g/mol. The van der Waals surface area contributed by atoms with Gasteiger partial charge in [0.1, 0.15) is 5.82 Å². The average molecular weight is 283 g/mol.